The van der Waals surface area contributed by atoms with Crippen molar-refractivity contribution in [3.8, 4) is 5.88 Å². The number of nitro benzene ring substituents is 2. The standard InChI is InChI=1S/C16H16N6O6S/c1-3-10-7-13(28-4-2)18-15(17-10)20-16(29)19-14(23)9-5-11(21(24)25)8-12(6-9)22(26)27/h5-8H,3-4H2,1-2H3,(H2,17,18,19,20,23,29). The molecule has 1 heterocycles. The van der Waals surface area contributed by atoms with Crippen LogP contribution in [0.1, 0.15) is 29.9 Å². The number of amides is 1. The van der Waals surface area contributed by atoms with Crippen molar-refractivity contribution in [3.05, 3.63) is 55.8 Å². The van der Waals surface area contributed by atoms with Gasteiger partial charge in [-0.1, -0.05) is 6.92 Å². The van der Waals surface area contributed by atoms with E-state index in [-0.39, 0.29) is 16.6 Å². The number of ether oxygens (including phenoxy) is 1. The van der Waals surface area contributed by atoms with Gasteiger partial charge in [0.05, 0.1) is 28.1 Å². The fourth-order valence-electron chi connectivity index (χ4n) is 2.18. The normalized spacial score (nSPS) is 10.1. The molecular weight excluding hydrogens is 404 g/mol. The monoisotopic (exact) mass is 420 g/mol. The molecule has 0 aliphatic rings. The number of carbonyl (C=O) groups is 1. The van der Waals surface area contributed by atoms with Crippen LogP contribution in [0.4, 0.5) is 17.3 Å². The molecule has 29 heavy (non-hydrogen) atoms. The predicted octanol–water partition coefficient (Wildman–Crippen LogP) is 2.38. The highest BCUT2D eigenvalue weighted by molar-refractivity contribution is 7.80. The maximum Gasteiger partial charge on any atom is 0.277 e. The number of rotatable bonds is 7. The van der Waals surface area contributed by atoms with Crippen LogP contribution in [0.2, 0.25) is 0 Å². The molecule has 0 aliphatic heterocycles. The molecule has 0 saturated heterocycles. The van der Waals surface area contributed by atoms with Gasteiger partial charge < -0.3 is 10.1 Å². The van der Waals surface area contributed by atoms with Gasteiger partial charge in [0, 0.05) is 23.9 Å². The maximum atomic E-state index is 12.3. The second-order valence-corrected chi connectivity index (χ2v) is 5.88. The van der Waals surface area contributed by atoms with Gasteiger partial charge in [-0.25, -0.2) is 4.98 Å². The lowest BCUT2D eigenvalue weighted by molar-refractivity contribution is -0.394. The van der Waals surface area contributed by atoms with Crippen molar-refractivity contribution < 1.29 is 19.4 Å². The summed E-state index contributed by atoms with van der Waals surface area (Å²) < 4.78 is 5.34. The fourth-order valence-corrected chi connectivity index (χ4v) is 2.36. The predicted molar refractivity (Wildman–Crippen MR) is 106 cm³/mol. The van der Waals surface area contributed by atoms with E-state index < -0.39 is 27.1 Å². The highest BCUT2D eigenvalue weighted by Crippen LogP contribution is 2.22. The van der Waals surface area contributed by atoms with Crippen molar-refractivity contribution in [1.29, 1.82) is 0 Å². The lowest BCUT2D eigenvalue weighted by atomic mass is 10.1. The van der Waals surface area contributed by atoms with Crippen molar-refractivity contribution in [1.82, 2.24) is 15.3 Å². The molecular formula is C16H16N6O6S. The minimum absolute atomic E-state index is 0.0862. The Morgan fingerprint density at radius 1 is 1.10 bits per heavy atom. The number of thiocarbonyl (C=S) groups is 1. The molecule has 0 atom stereocenters. The third-order valence-electron chi connectivity index (χ3n) is 3.45. The molecule has 13 heteroatoms. The van der Waals surface area contributed by atoms with E-state index in [2.05, 4.69) is 20.6 Å². The average Bonchev–Trinajstić information content (AvgIpc) is 2.67. The van der Waals surface area contributed by atoms with Crippen molar-refractivity contribution >= 4 is 40.6 Å². The first kappa shape index (κ1) is 21.6. The van der Waals surface area contributed by atoms with Crippen molar-refractivity contribution in [3.63, 3.8) is 0 Å². The third kappa shape index (κ3) is 5.87. The smallest absolute Gasteiger partial charge is 0.277 e. The molecule has 0 fully saturated rings. The van der Waals surface area contributed by atoms with Crippen LogP contribution in [0.15, 0.2) is 24.3 Å². The summed E-state index contributed by atoms with van der Waals surface area (Å²) in [5, 5.41) is 26.6. The van der Waals surface area contributed by atoms with E-state index >= 15 is 0 Å². The first-order chi connectivity index (χ1) is 13.7. The second-order valence-electron chi connectivity index (χ2n) is 5.47. The van der Waals surface area contributed by atoms with Crippen LogP contribution in [0.5, 0.6) is 5.88 Å². The van der Waals surface area contributed by atoms with E-state index in [9.17, 15) is 25.0 Å². The first-order valence-corrected chi connectivity index (χ1v) is 8.71. The zero-order valence-corrected chi connectivity index (χ0v) is 16.2. The summed E-state index contributed by atoms with van der Waals surface area (Å²) in [6.07, 6.45) is 0.605. The van der Waals surface area contributed by atoms with Gasteiger partial charge >= 0.3 is 0 Å². The Kier molecular flexibility index (Phi) is 7.03. The number of benzene rings is 1. The van der Waals surface area contributed by atoms with Gasteiger partial charge in [0.1, 0.15) is 0 Å². The highest BCUT2D eigenvalue weighted by atomic mass is 32.1. The molecule has 2 N–H and O–H groups in total. The number of hydrogen-bond acceptors (Lipinski definition) is 9. The molecule has 0 radical (unpaired) electrons. The number of nitrogens with zero attached hydrogens (tertiary/aromatic N) is 4. The Morgan fingerprint density at radius 3 is 2.24 bits per heavy atom. The van der Waals surface area contributed by atoms with E-state index in [1.165, 1.54) is 0 Å². The number of aromatic nitrogens is 2. The Morgan fingerprint density at radius 2 is 1.72 bits per heavy atom. The molecule has 0 saturated carbocycles. The van der Waals surface area contributed by atoms with Crippen molar-refractivity contribution in [2.24, 2.45) is 0 Å². The maximum absolute atomic E-state index is 12.3. The number of non-ortho nitro benzene ring substituents is 2. The Hall–Kier alpha value is -3.74. The van der Waals surface area contributed by atoms with Gasteiger partial charge in [-0.15, -0.1) is 0 Å². The molecule has 0 unspecified atom stereocenters. The van der Waals surface area contributed by atoms with Gasteiger partial charge in [0.15, 0.2) is 5.11 Å². The third-order valence-corrected chi connectivity index (χ3v) is 3.65. The summed E-state index contributed by atoms with van der Waals surface area (Å²) in [6, 6.07) is 4.24. The van der Waals surface area contributed by atoms with E-state index in [0.29, 0.717) is 24.6 Å². The molecule has 152 valence electrons. The summed E-state index contributed by atoms with van der Waals surface area (Å²) in [4.78, 5) is 40.9. The van der Waals surface area contributed by atoms with Crippen molar-refractivity contribution in [2.45, 2.75) is 20.3 Å². The first-order valence-electron chi connectivity index (χ1n) is 8.30. The molecule has 0 bridgehead atoms. The van der Waals surface area contributed by atoms with Crippen molar-refractivity contribution in [2.75, 3.05) is 11.9 Å². The van der Waals surface area contributed by atoms with Gasteiger partial charge in [-0.05, 0) is 25.6 Å². The van der Waals surface area contributed by atoms with Crippen LogP contribution in [-0.4, -0.2) is 37.4 Å². The Labute approximate surface area is 169 Å². The number of hydrogen-bond donors (Lipinski definition) is 2. The molecule has 12 nitrogen and oxygen atoms in total. The van der Waals surface area contributed by atoms with Crippen LogP contribution in [-0.2, 0) is 6.42 Å². The van der Waals surface area contributed by atoms with E-state index in [0.717, 1.165) is 18.2 Å². The average molecular weight is 420 g/mol. The number of aryl methyl sites for hydroxylation is 1. The number of anilines is 1. The van der Waals surface area contributed by atoms with Crippen LogP contribution in [0, 0.1) is 20.2 Å². The lowest BCUT2D eigenvalue weighted by Gasteiger charge is -2.11. The Balaban J connectivity index is 2.19. The molecule has 0 spiro atoms. The molecule has 1 amide bonds. The number of nitro groups is 2. The molecule has 2 rings (SSSR count). The lowest BCUT2D eigenvalue weighted by Crippen LogP contribution is -2.34. The summed E-state index contributed by atoms with van der Waals surface area (Å²) >= 11 is 5.04. The minimum Gasteiger partial charge on any atom is -0.478 e. The van der Waals surface area contributed by atoms with Crippen LogP contribution >= 0.6 is 12.2 Å². The zero-order chi connectivity index (χ0) is 21.6. The largest absolute Gasteiger partial charge is 0.478 e. The van der Waals surface area contributed by atoms with Gasteiger partial charge in [-0.3, -0.25) is 30.3 Å². The van der Waals surface area contributed by atoms with Crippen LogP contribution in [0.3, 0.4) is 0 Å². The summed E-state index contributed by atoms with van der Waals surface area (Å²) in [6.45, 7) is 4.08. The molecule has 2 aromatic rings. The van der Waals surface area contributed by atoms with Gasteiger partial charge in [0.25, 0.3) is 17.3 Å². The van der Waals surface area contributed by atoms with E-state index in [1.807, 2.05) is 6.92 Å². The fraction of sp³-hybridized carbons (Fsp3) is 0.250. The summed E-state index contributed by atoms with van der Waals surface area (Å²) in [5.41, 5.74) is -0.810. The molecule has 1 aromatic heterocycles. The van der Waals surface area contributed by atoms with E-state index in [4.69, 9.17) is 17.0 Å². The number of nitrogens with one attached hydrogen (secondary N) is 2. The second kappa shape index (κ2) is 9.45. The quantitative estimate of drug-likeness (QED) is 0.386. The Bertz CT molecular complexity index is 950. The topological polar surface area (TPSA) is 162 Å². The van der Waals surface area contributed by atoms with E-state index in [1.54, 1.807) is 13.0 Å². The zero-order valence-electron chi connectivity index (χ0n) is 15.4. The number of carbonyl (C=O) groups excluding carboxylic acids is 1. The SMILES string of the molecule is CCOc1cc(CC)nc(NC(=S)NC(=O)c2cc([N+](=O)[O-])cc([N+](=O)[O-])c2)n1. The van der Waals surface area contributed by atoms with Crippen LogP contribution in [0.25, 0.3) is 0 Å². The summed E-state index contributed by atoms with van der Waals surface area (Å²) in [7, 11) is 0. The van der Waals surface area contributed by atoms with Crippen LogP contribution < -0.4 is 15.4 Å². The highest BCUT2D eigenvalue weighted by Gasteiger charge is 2.20. The minimum atomic E-state index is -0.869. The molecule has 1 aromatic carbocycles. The van der Waals surface area contributed by atoms with Gasteiger partial charge in [-0.2, -0.15) is 4.98 Å². The van der Waals surface area contributed by atoms with Gasteiger partial charge in [0.2, 0.25) is 11.8 Å². The summed E-state index contributed by atoms with van der Waals surface area (Å²) in [5.74, 6) is -0.459. The molecule has 0 aliphatic carbocycles.